The standard InChI is InChI=1S/C20H17N7S/c21-13-16(19-25-18(14-28-19)15-5-2-1-3-6-15)17-7-9-22-20(26-17)23-10-12-27-11-4-8-24-27/h1-9,11,14,25H,10,12H2,(H,22,23,26)/b19-16-. The lowest BCUT2D eigenvalue weighted by atomic mass is 10.1. The van der Waals surface area contributed by atoms with Crippen LogP contribution in [0.5, 0.6) is 0 Å². The minimum absolute atomic E-state index is 0.484. The molecule has 0 fully saturated rings. The van der Waals surface area contributed by atoms with Crippen molar-refractivity contribution < 1.29 is 0 Å². The van der Waals surface area contributed by atoms with Crippen molar-refractivity contribution in [1.29, 1.82) is 5.26 Å². The van der Waals surface area contributed by atoms with Gasteiger partial charge in [0.15, 0.2) is 0 Å². The van der Waals surface area contributed by atoms with Crippen LogP contribution in [0.4, 0.5) is 5.95 Å². The van der Waals surface area contributed by atoms with Crippen molar-refractivity contribution in [1.82, 2.24) is 25.1 Å². The Hall–Kier alpha value is -3.57. The van der Waals surface area contributed by atoms with E-state index in [4.69, 9.17) is 0 Å². The van der Waals surface area contributed by atoms with Gasteiger partial charge >= 0.3 is 0 Å². The molecule has 0 bridgehead atoms. The van der Waals surface area contributed by atoms with E-state index in [9.17, 15) is 5.26 Å². The van der Waals surface area contributed by atoms with Crippen LogP contribution in [-0.4, -0.2) is 26.3 Å². The largest absolute Gasteiger partial charge is 0.352 e. The molecule has 0 spiro atoms. The third-order valence-corrected chi connectivity index (χ3v) is 4.96. The summed E-state index contributed by atoms with van der Waals surface area (Å²) in [7, 11) is 0. The number of anilines is 1. The molecule has 0 saturated heterocycles. The second-order valence-corrected chi connectivity index (χ2v) is 6.80. The number of benzene rings is 1. The predicted octanol–water partition coefficient (Wildman–Crippen LogP) is 3.31. The molecular weight excluding hydrogens is 370 g/mol. The number of aromatic nitrogens is 4. The van der Waals surface area contributed by atoms with E-state index in [1.54, 1.807) is 18.5 Å². The molecule has 0 aliphatic carbocycles. The summed E-state index contributed by atoms with van der Waals surface area (Å²) in [5.41, 5.74) is 3.12. The molecule has 8 heteroatoms. The highest BCUT2D eigenvalue weighted by Crippen LogP contribution is 2.34. The quantitative estimate of drug-likeness (QED) is 0.627. The van der Waals surface area contributed by atoms with Gasteiger partial charge in [0.25, 0.3) is 0 Å². The molecule has 1 aliphatic rings. The van der Waals surface area contributed by atoms with E-state index in [1.165, 1.54) is 11.8 Å². The molecule has 138 valence electrons. The fourth-order valence-corrected chi connectivity index (χ4v) is 3.57. The molecule has 3 aromatic rings. The molecule has 0 atom stereocenters. The van der Waals surface area contributed by atoms with Crippen LogP contribution in [0.2, 0.25) is 0 Å². The van der Waals surface area contributed by atoms with Crippen LogP contribution in [0.3, 0.4) is 0 Å². The Kier molecular flexibility index (Phi) is 5.36. The Morgan fingerprint density at radius 2 is 2.07 bits per heavy atom. The molecular formula is C20H17N7S. The predicted molar refractivity (Wildman–Crippen MR) is 110 cm³/mol. The van der Waals surface area contributed by atoms with Crippen molar-refractivity contribution >= 4 is 29.0 Å². The molecule has 0 saturated carbocycles. The van der Waals surface area contributed by atoms with Crippen LogP contribution in [0.25, 0.3) is 11.3 Å². The van der Waals surface area contributed by atoms with Crippen LogP contribution in [0, 0.1) is 11.3 Å². The first-order chi connectivity index (χ1) is 13.8. The molecule has 2 N–H and O–H groups in total. The van der Waals surface area contributed by atoms with Crippen molar-refractivity contribution in [2.24, 2.45) is 0 Å². The van der Waals surface area contributed by atoms with Crippen molar-refractivity contribution in [2.75, 3.05) is 11.9 Å². The minimum Gasteiger partial charge on any atom is -0.352 e. The van der Waals surface area contributed by atoms with Gasteiger partial charge in [-0.25, -0.2) is 9.97 Å². The number of nitrogens with zero attached hydrogens (tertiary/aromatic N) is 5. The summed E-state index contributed by atoms with van der Waals surface area (Å²) < 4.78 is 1.83. The molecule has 0 radical (unpaired) electrons. The van der Waals surface area contributed by atoms with Crippen molar-refractivity contribution in [3.63, 3.8) is 0 Å². The SMILES string of the molecule is N#C/C(=C1\NC(c2ccccc2)=CS1)c1ccnc(NCCn2cccn2)n1. The van der Waals surface area contributed by atoms with Gasteiger partial charge in [-0.1, -0.05) is 42.1 Å². The molecule has 7 nitrogen and oxygen atoms in total. The summed E-state index contributed by atoms with van der Waals surface area (Å²) in [4.78, 5) is 8.74. The normalized spacial score (nSPS) is 14.8. The number of thioether (sulfide) groups is 1. The first-order valence-electron chi connectivity index (χ1n) is 8.72. The Bertz CT molecular complexity index is 1050. The molecule has 0 unspecified atom stereocenters. The van der Waals surface area contributed by atoms with E-state index >= 15 is 0 Å². The van der Waals surface area contributed by atoms with Gasteiger partial charge in [0, 0.05) is 30.5 Å². The number of allylic oxidation sites excluding steroid dienone is 1. The Morgan fingerprint density at radius 1 is 1.18 bits per heavy atom. The van der Waals surface area contributed by atoms with Crippen molar-refractivity contribution in [3.05, 3.63) is 82.7 Å². The van der Waals surface area contributed by atoms with Crippen molar-refractivity contribution in [3.8, 4) is 6.07 Å². The van der Waals surface area contributed by atoms with Crippen LogP contribution >= 0.6 is 11.8 Å². The van der Waals surface area contributed by atoms with Crippen LogP contribution in [0.1, 0.15) is 11.3 Å². The van der Waals surface area contributed by atoms with Gasteiger partial charge in [-0.3, -0.25) is 4.68 Å². The first kappa shape index (κ1) is 17.8. The Labute approximate surface area is 166 Å². The monoisotopic (exact) mass is 387 g/mol. The zero-order valence-corrected chi connectivity index (χ0v) is 15.7. The fourth-order valence-electron chi connectivity index (χ4n) is 2.70. The number of rotatable bonds is 6. The lowest BCUT2D eigenvalue weighted by Crippen LogP contribution is -2.13. The van der Waals surface area contributed by atoms with Crippen LogP contribution in [-0.2, 0) is 6.54 Å². The number of nitrogens with one attached hydrogen (secondary N) is 2. The summed E-state index contributed by atoms with van der Waals surface area (Å²) in [6.07, 6.45) is 5.30. The summed E-state index contributed by atoms with van der Waals surface area (Å²) in [6.45, 7) is 1.34. The molecule has 0 amide bonds. The van der Waals surface area contributed by atoms with Gasteiger partial charge in [0.05, 0.1) is 23.0 Å². The van der Waals surface area contributed by atoms with Gasteiger partial charge in [-0.15, -0.1) is 0 Å². The van der Waals surface area contributed by atoms with Crippen molar-refractivity contribution in [2.45, 2.75) is 6.54 Å². The van der Waals surface area contributed by atoms with E-state index in [0.29, 0.717) is 30.3 Å². The maximum atomic E-state index is 9.71. The lowest BCUT2D eigenvalue weighted by Gasteiger charge is -2.09. The van der Waals surface area contributed by atoms with E-state index < -0.39 is 0 Å². The second kappa shape index (κ2) is 8.41. The topological polar surface area (TPSA) is 91.5 Å². The minimum atomic E-state index is 0.484. The maximum absolute atomic E-state index is 9.71. The van der Waals surface area contributed by atoms with Gasteiger partial charge in [-0.2, -0.15) is 10.4 Å². The van der Waals surface area contributed by atoms with Gasteiger partial charge in [-0.05, 0) is 17.7 Å². The fraction of sp³-hybridized carbons (Fsp3) is 0.100. The summed E-state index contributed by atoms with van der Waals surface area (Å²) in [5.74, 6) is 0.484. The third-order valence-electron chi connectivity index (χ3n) is 4.06. The average molecular weight is 387 g/mol. The van der Waals surface area contributed by atoms with Crippen LogP contribution in [0.15, 0.2) is 71.5 Å². The average Bonchev–Trinajstić information content (AvgIpc) is 3.42. The van der Waals surface area contributed by atoms with Gasteiger partial charge < -0.3 is 10.6 Å². The van der Waals surface area contributed by atoms with Gasteiger partial charge in [0.2, 0.25) is 5.95 Å². The zero-order valence-electron chi connectivity index (χ0n) is 14.9. The lowest BCUT2D eigenvalue weighted by molar-refractivity contribution is 0.636. The van der Waals surface area contributed by atoms with E-state index in [0.717, 1.165) is 16.3 Å². The molecule has 4 rings (SSSR count). The zero-order chi connectivity index (χ0) is 19.2. The molecule has 2 aromatic heterocycles. The number of nitriles is 1. The third kappa shape index (κ3) is 4.05. The smallest absolute Gasteiger partial charge is 0.223 e. The Morgan fingerprint density at radius 3 is 2.86 bits per heavy atom. The second-order valence-electron chi connectivity index (χ2n) is 5.92. The highest BCUT2D eigenvalue weighted by Gasteiger charge is 2.18. The summed E-state index contributed by atoms with van der Waals surface area (Å²) in [6, 6.07) is 15.9. The highest BCUT2D eigenvalue weighted by molar-refractivity contribution is 8.06. The highest BCUT2D eigenvalue weighted by atomic mass is 32.2. The summed E-state index contributed by atoms with van der Waals surface area (Å²) in [5, 5.41) is 23.1. The van der Waals surface area contributed by atoms with E-state index in [1.807, 2.05) is 52.7 Å². The molecule has 28 heavy (non-hydrogen) atoms. The number of hydrogen-bond acceptors (Lipinski definition) is 7. The molecule has 1 aliphatic heterocycles. The number of hydrogen-bond donors (Lipinski definition) is 2. The maximum Gasteiger partial charge on any atom is 0.223 e. The first-order valence-corrected chi connectivity index (χ1v) is 9.60. The summed E-state index contributed by atoms with van der Waals surface area (Å²) >= 11 is 1.49. The van der Waals surface area contributed by atoms with Crippen LogP contribution < -0.4 is 10.6 Å². The van der Waals surface area contributed by atoms with E-state index in [2.05, 4.69) is 31.8 Å². The van der Waals surface area contributed by atoms with Gasteiger partial charge in [0.1, 0.15) is 11.6 Å². The Balaban J connectivity index is 1.48. The molecule has 3 heterocycles. The molecule has 1 aromatic carbocycles. The van der Waals surface area contributed by atoms with E-state index in [-0.39, 0.29) is 0 Å².